The van der Waals surface area contributed by atoms with Crippen molar-refractivity contribution in [1.29, 1.82) is 0 Å². The lowest BCUT2D eigenvalue weighted by molar-refractivity contribution is 0.641. The van der Waals surface area contributed by atoms with Gasteiger partial charge in [0.25, 0.3) is 0 Å². The zero-order valence-electron chi connectivity index (χ0n) is 75.0. The van der Waals surface area contributed by atoms with Crippen LogP contribution in [0, 0.1) is 5.82 Å². The van der Waals surface area contributed by atoms with Crippen LogP contribution in [0.3, 0.4) is 0 Å². The van der Waals surface area contributed by atoms with Crippen LogP contribution >= 0.6 is 217 Å². The molecule has 6 heterocycles. The van der Waals surface area contributed by atoms with E-state index in [2.05, 4.69) is 518 Å². The van der Waals surface area contributed by atoms with E-state index in [1.54, 1.807) is 29.2 Å². The maximum Gasteiger partial charge on any atom is 0.132 e. The maximum atomic E-state index is 13.6. The quantitative estimate of drug-likeness (QED) is 0.0763. The number of nitrogens with zero attached hydrogens (tertiary/aromatic N) is 1. The number of fused-ring (bicyclic) bond motifs is 20. The third-order valence-corrected chi connectivity index (χ3v) is 37.2. The number of hydrogen-bond acceptors (Lipinski definition) is 10. The highest BCUT2D eigenvalue weighted by atomic mass is 127. The van der Waals surface area contributed by atoms with Gasteiger partial charge in [0, 0.05) is 176 Å². The molecule has 26 rings (SSSR count). The largest absolute Gasteiger partial charge is 0.356 e. The number of thiophene rings is 6. The van der Waals surface area contributed by atoms with Gasteiger partial charge in [-0.05, 0) is 280 Å². The van der Waals surface area contributed by atoms with Gasteiger partial charge in [-0.15, -0.1) is 80.6 Å². The molecule has 6 aromatic heterocycles. The smallest absolute Gasteiger partial charge is 0.132 e. The van der Waals surface area contributed by atoms with Crippen molar-refractivity contribution in [2.45, 2.75) is 22.1 Å². The van der Waals surface area contributed by atoms with Gasteiger partial charge in [0.15, 0.2) is 0 Å². The molecule has 18 heteroatoms. The average molecular weight is 2520 g/mol. The Morgan fingerprint density at radius 3 is 0.957 bits per heavy atom. The first-order valence-electron chi connectivity index (χ1n) is 44.7. The molecule has 0 radical (unpaired) electrons. The number of hydrogen-bond donors (Lipinski definition) is 2. The number of benzene rings is 20. The van der Waals surface area contributed by atoms with Crippen molar-refractivity contribution in [2.75, 3.05) is 20.1 Å². The number of halogens is 8. The molecule has 1 N–H and O–H groups in total. The average Bonchev–Trinajstić information content (AvgIpc) is 1.58. The van der Waals surface area contributed by atoms with Gasteiger partial charge < -0.3 is 10.2 Å². The van der Waals surface area contributed by atoms with E-state index in [1.807, 2.05) is 133 Å². The summed E-state index contributed by atoms with van der Waals surface area (Å²) >= 11 is 39.1. The monoisotopic (exact) mass is 2510 g/mol. The van der Waals surface area contributed by atoms with Crippen molar-refractivity contribution < 1.29 is 4.39 Å². The minimum Gasteiger partial charge on any atom is -0.356 e. The summed E-state index contributed by atoms with van der Waals surface area (Å²) in [5.74, 6) is -0.125. The summed E-state index contributed by atoms with van der Waals surface area (Å²) in [5.41, 5.74) is 15.5. The molecule has 0 aliphatic heterocycles. The van der Waals surface area contributed by atoms with Gasteiger partial charge >= 0.3 is 0 Å². The fraction of sp³-hybridized carbons (Fsp3) is 0.0244. The van der Waals surface area contributed by atoms with Gasteiger partial charge in [-0.25, -0.2) is 4.39 Å². The van der Waals surface area contributed by atoms with E-state index in [4.69, 9.17) is 0 Å². The second-order valence-electron chi connectivity index (χ2n) is 32.1. The second-order valence-corrected chi connectivity index (χ2v) is 44.3. The van der Waals surface area contributed by atoms with Gasteiger partial charge in [0.1, 0.15) is 5.82 Å². The Balaban J connectivity index is 0.000000118. The summed E-state index contributed by atoms with van der Waals surface area (Å²) in [6, 6.07) is 157. The SMILES string of the molecule is Brc1cccc(Br)c1Sc1cccc2sc3ccccc3c12.Brc1cccc2c1sc1c2ccc2sc3ccccc3c21.C.CI.CI.Fc1cccc2sc3ccccc3c12.Sc1c(Br)cccc1Br.c1ccc(-c2ccc(N(c3ccc(-c4ccccc4)cc3)c3cccc4c3sc3c4ccc4sc5ccccc5c43)cc2)cc1.c1ccc(-c2ccc(Nc3ccc(-c4ccccc4)cc3)cc2)cc1. The summed E-state index contributed by atoms with van der Waals surface area (Å²) in [5, 5.41) is 18.8. The summed E-state index contributed by atoms with van der Waals surface area (Å²) in [6.45, 7) is 0. The van der Waals surface area contributed by atoms with Crippen molar-refractivity contribution in [3.8, 4) is 44.5 Å². The van der Waals surface area contributed by atoms with Crippen molar-refractivity contribution in [3.05, 3.63) is 477 Å². The molecule has 26 aromatic rings. The standard InChI is InChI=1S/C42H27NS2.C24H19N.C18H10Br2S2.C18H9BrS2.C12H7FS.C6H4Br2S.2CH3I.CH4/c1-3-10-28(11-4-1)30-18-22-32(23-19-30)43(33-24-20-31(21-25-33)29-12-5-2-6-13-29)37-16-9-15-34-35-26-27-39-40(42(35)45-41(34)37)36-14-7-8-17-38(36)44-39;1-3-7-19(8-4-1)21-11-15-23(16-12-21)25-24-17-13-22(14-18-24)20-9-5-2-6-10-20;19-12-6-3-7-13(20)18(12)22-16-10-4-9-15-17(16)11-5-1-2-8-14(11)21-15;19-13-6-3-5-10-11-8-9-15-16(18(11)21-17(10)13)12-4-1-2-7-14(12)20-15;13-9-5-3-7-11-12(9)8-4-1-2-6-10(8)14-11;7-4-2-1-3-5(8)6(4)9;2*1-2;/h1-27H;1-18,25H;1-10H;1-9H;1-7H;1-3,9H;2*1H3;1H4. The van der Waals surface area contributed by atoms with E-state index in [1.165, 1.54) is 171 Å². The highest BCUT2D eigenvalue weighted by Crippen LogP contribution is 2.52. The van der Waals surface area contributed by atoms with E-state index in [0.29, 0.717) is 0 Å². The van der Waals surface area contributed by atoms with Crippen LogP contribution in [0.2, 0.25) is 0 Å². The molecule has 0 amide bonds. The molecule has 692 valence electrons. The van der Waals surface area contributed by atoms with Crippen LogP contribution in [-0.4, -0.2) is 9.86 Å². The molecular formula is C123H86Br5FI2N2S8. The minimum atomic E-state index is -0.125. The number of anilines is 5. The first-order chi connectivity index (χ1) is 68.8. The van der Waals surface area contributed by atoms with E-state index in [9.17, 15) is 4.39 Å². The van der Waals surface area contributed by atoms with Crippen LogP contribution in [0.5, 0.6) is 0 Å². The minimum absolute atomic E-state index is 0. The van der Waals surface area contributed by atoms with Crippen LogP contribution in [0.25, 0.3) is 166 Å². The molecule has 0 saturated carbocycles. The van der Waals surface area contributed by atoms with Crippen LogP contribution in [-0.2, 0) is 0 Å². The highest BCUT2D eigenvalue weighted by Gasteiger charge is 2.23. The van der Waals surface area contributed by atoms with Crippen LogP contribution in [0.1, 0.15) is 7.43 Å². The van der Waals surface area contributed by atoms with E-state index in [0.717, 1.165) is 65.7 Å². The number of alkyl halides is 2. The second kappa shape index (κ2) is 47.6. The summed E-state index contributed by atoms with van der Waals surface area (Å²) in [6.07, 6.45) is 0. The third kappa shape index (κ3) is 22.4. The molecule has 0 unspecified atom stereocenters. The van der Waals surface area contributed by atoms with E-state index in [-0.39, 0.29) is 13.2 Å². The Morgan fingerprint density at radius 1 is 0.248 bits per heavy atom. The van der Waals surface area contributed by atoms with Crippen LogP contribution in [0.15, 0.2) is 486 Å². The molecule has 0 saturated heterocycles. The molecule has 0 fully saturated rings. The van der Waals surface area contributed by atoms with Crippen LogP contribution < -0.4 is 10.2 Å². The number of rotatable bonds is 11. The Labute approximate surface area is 923 Å². The molecule has 0 atom stereocenters. The summed E-state index contributed by atoms with van der Waals surface area (Å²) < 4.78 is 34.7. The van der Waals surface area contributed by atoms with Gasteiger partial charge in [-0.2, -0.15) is 0 Å². The summed E-state index contributed by atoms with van der Waals surface area (Å²) in [7, 11) is 0. The Morgan fingerprint density at radius 2 is 0.539 bits per heavy atom. The molecule has 0 bridgehead atoms. The fourth-order valence-electron chi connectivity index (χ4n) is 17.2. The van der Waals surface area contributed by atoms with Crippen molar-refractivity contribution in [1.82, 2.24) is 0 Å². The van der Waals surface area contributed by atoms with E-state index < -0.39 is 0 Å². The zero-order valence-corrected chi connectivity index (χ0v) is 93.9. The normalized spacial score (nSPS) is 10.9. The Hall–Kier alpha value is -10.2. The van der Waals surface area contributed by atoms with Gasteiger partial charge in [0.05, 0.1) is 10.4 Å². The van der Waals surface area contributed by atoms with E-state index >= 15 is 0 Å². The van der Waals surface area contributed by atoms with Gasteiger partial charge in [0.2, 0.25) is 0 Å². The van der Waals surface area contributed by atoms with Crippen molar-refractivity contribution in [3.63, 3.8) is 0 Å². The number of nitrogens with one attached hydrogen (secondary N) is 1. The molecule has 141 heavy (non-hydrogen) atoms. The molecular weight excluding hydrogens is 2430 g/mol. The third-order valence-electron chi connectivity index (χ3n) is 23.7. The lowest BCUT2D eigenvalue weighted by Crippen LogP contribution is -2.10. The predicted octanol–water partition coefficient (Wildman–Crippen LogP) is 45.3. The first kappa shape index (κ1) is 101. The number of thiol groups is 1. The van der Waals surface area contributed by atoms with Gasteiger partial charge in [-0.1, -0.05) is 368 Å². The van der Waals surface area contributed by atoms with Crippen LogP contribution in [0.4, 0.5) is 32.8 Å². The molecule has 2 nitrogen and oxygen atoms in total. The Bertz CT molecular complexity index is 8620. The van der Waals surface area contributed by atoms with Crippen molar-refractivity contribution in [2.24, 2.45) is 0 Å². The molecule has 0 aliphatic rings. The molecule has 0 spiro atoms. The fourth-order valence-corrected chi connectivity index (χ4v) is 28.8. The topological polar surface area (TPSA) is 15.3 Å². The first-order valence-corrected chi connectivity index (χ1v) is 59.1. The zero-order chi connectivity index (χ0) is 96.1. The van der Waals surface area contributed by atoms with Crippen molar-refractivity contribution >= 4 is 367 Å². The lowest BCUT2D eigenvalue weighted by Gasteiger charge is -2.26. The predicted molar refractivity (Wildman–Crippen MR) is 665 cm³/mol. The maximum absolute atomic E-state index is 13.6. The highest BCUT2D eigenvalue weighted by molar-refractivity contribution is 14.1. The molecule has 0 aliphatic carbocycles. The Kier molecular flexibility index (Phi) is 34.0. The lowest BCUT2D eigenvalue weighted by atomic mass is 10.0. The summed E-state index contributed by atoms with van der Waals surface area (Å²) in [4.78, 5) is 9.81. The van der Waals surface area contributed by atoms with Gasteiger partial charge in [-0.3, -0.25) is 0 Å². The molecule has 20 aromatic carbocycles.